The Morgan fingerprint density at radius 2 is 1.62 bits per heavy atom. The summed E-state index contributed by atoms with van der Waals surface area (Å²) in [4.78, 5) is 10.6. The predicted octanol–water partition coefficient (Wildman–Crippen LogP) is 3.53. The van der Waals surface area contributed by atoms with Crippen LogP contribution in [0, 0.1) is 0 Å². The second-order valence-corrected chi connectivity index (χ2v) is 3.81. The molecular weight excluding hydrogens is 224 g/mol. The highest BCUT2D eigenvalue weighted by Crippen LogP contribution is 2.26. The van der Waals surface area contributed by atoms with Crippen molar-refractivity contribution in [2.75, 3.05) is 0 Å². The number of aromatic hydroxyl groups is 1. The van der Waals surface area contributed by atoms with Crippen LogP contribution < -0.4 is 0 Å². The van der Waals surface area contributed by atoms with Crippen molar-refractivity contribution >= 4 is 17.9 Å². The molecular formula is C13H9ClO2. The Kier molecular flexibility index (Phi) is 2.93. The van der Waals surface area contributed by atoms with Crippen LogP contribution in [0.1, 0.15) is 10.4 Å². The summed E-state index contributed by atoms with van der Waals surface area (Å²) >= 11 is 5.93. The first-order chi connectivity index (χ1) is 7.70. The minimum atomic E-state index is 0.222. The third kappa shape index (κ3) is 2.07. The quantitative estimate of drug-likeness (QED) is 0.805. The number of hydrogen-bond donors (Lipinski definition) is 1. The van der Waals surface area contributed by atoms with Crippen LogP contribution in [0.5, 0.6) is 5.75 Å². The Labute approximate surface area is 98.1 Å². The summed E-state index contributed by atoms with van der Waals surface area (Å²) in [6, 6.07) is 12.0. The highest BCUT2D eigenvalue weighted by Gasteiger charge is 2.02. The average molecular weight is 233 g/mol. The molecule has 2 rings (SSSR count). The van der Waals surface area contributed by atoms with Gasteiger partial charge in [-0.25, -0.2) is 0 Å². The molecule has 2 aromatic rings. The molecule has 0 heterocycles. The van der Waals surface area contributed by atoms with E-state index in [1.165, 1.54) is 0 Å². The Hall–Kier alpha value is -1.80. The molecule has 0 fully saturated rings. The molecule has 0 spiro atoms. The zero-order chi connectivity index (χ0) is 11.5. The van der Waals surface area contributed by atoms with Crippen LogP contribution >= 0.6 is 11.6 Å². The van der Waals surface area contributed by atoms with Crippen molar-refractivity contribution in [3.05, 3.63) is 53.1 Å². The van der Waals surface area contributed by atoms with Crippen LogP contribution in [-0.2, 0) is 0 Å². The molecule has 0 amide bonds. The van der Waals surface area contributed by atoms with Gasteiger partial charge in [-0.1, -0.05) is 29.8 Å². The molecule has 0 saturated heterocycles. The lowest BCUT2D eigenvalue weighted by molar-refractivity contribution is 0.112. The van der Waals surface area contributed by atoms with Gasteiger partial charge in [-0.15, -0.1) is 0 Å². The van der Waals surface area contributed by atoms with Crippen molar-refractivity contribution in [1.29, 1.82) is 0 Å². The highest BCUT2D eigenvalue weighted by molar-refractivity contribution is 6.33. The van der Waals surface area contributed by atoms with Gasteiger partial charge in [0.2, 0.25) is 0 Å². The molecule has 0 unspecified atom stereocenters. The van der Waals surface area contributed by atoms with Gasteiger partial charge in [0, 0.05) is 5.56 Å². The van der Waals surface area contributed by atoms with E-state index < -0.39 is 0 Å². The number of carbonyl (C=O) groups excluding carboxylic acids is 1. The van der Waals surface area contributed by atoms with Crippen LogP contribution in [0.2, 0.25) is 5.02 Å². The van der Waals surface area contributed by atoms with Gasteiger partial charge < -0.3 is 5.11 Å². The van der Waals surface area contributed by atoms with Gasteiger partial charge in [0.15, 0.2) is 6.29 Å². The van der Waals surface area contributed by atoms with Crippen molar-refractivity contribution in [1.82, 2.24) is 0 Å². The molecule has 0 saturated carbocycles. The Morgan fingerprint density at radius 1 is 1.00 bits per heavy atom. The monoisotopic (exact) mass is 232 g/mol. The van der Waals surface area contributed by atoms with Crippen LogP contribution in [0.4, 0.5) is 0 Å². The van der Waals surface area contributed by atoms with Gasteiger partial charge in [-0.2, -0.15) is 0 Å². The third-order valence-corrected chi connectivity index (χ3v) is 2.66. The van der Waals surface area contributed by atoms with Gasteiger partial charge in [0.25, 0.3) is 0 Å². The third-order valence-electron chi connectivity index (χ3n) is 2.33. The Balaban J connectivity index is 2.45. The summed E-state index contributed by atoms with van der Waals surface area (Å²) in [5.74, 6) is 0.222. The summed E-state index contributed by atoms with van der Waals surface area (Å²) < 4.78 is 0. The van der Waals surface area contributed by atoms with E-state index in [2.05, 4.69) is 0 Å². The number of aldehydes is 1. The van der Waals surface area contributed by atoms with Gasteiger partial charge in [-0.3, -0.25) is 4.79 Å². The number of halogens is 1. The lowest BCUT2D eigenvalue weighted by Gasteiger charge is -2.03. The topological polar surface area (TPSA) is 37.3 Å². The van der Waals surface area contributed by atoms with E-state index in [-0.39, 0.29) is 5.75 Å². The fourth-order valence-corrected chi connectivity index (χ4v) is 1.68. The van der Waals surface area contributed by atoms with E-state index in [4.69, 9.17) is 16.7 Å². The molecule has 0 atom stereocenters. The number of hydrogen-bond acceptors (Lipinski definition) is 2. The maximum Gasteiger partial charge on any atom is 0.151 e. The molecule has 0 aliphatic heterocycles. The molecule has 2 aromatic carbocycles. The summed E-state index contributed by atoms with van der Waals surface area (Å²) in [5, 5.41) is 9.60. The van der Waals surface area contributed by atoms with Gasteiger partial charge in [0.05, 0.1) is 5.02 Å². The minimum Gasteiger partial charge on any atom is -0.508 e. The first-order valence-electron chi connectivity index (χ1n) is 4.75. The molecule has 0 radical (unpaired) electrons. The Morgan fingerprint density at radius 3 is 2.19 bits per heavy atom. The molecule has 80 valence electrons. The number of phenols is 1. The summed E-state index contributed by atoms with van der Waals surface area (Å²) in [5.41, 5.74) is 2.33. The van der Waals surface area contributed by atoms with Crippen molar-refractivity contribution in [2.45, 2.75) is 0 Å². The summed E-state index contributed by atoms with van der Waals surface area (Å²) in [7, 11) is 0. The smallest absolute Gasteiger partial charge is 0.151 e. The van der Waals surface area contributed by atoms with Crippen LogP contribution in [0.15, 0.2) is 42.5 Å². The normalized spacial score (nSPS) is 10.1. The van der Waals surface area contributed by atoms with Crippen molar-refractivity contribution < 1.29 is 9.90 Å². The molecule has 0 aliphatic carbocycles. The lowest BCUT2D eigenvalue weighted by Crippen LogP contribution is -1.83. The van der Waals surface area contributed by atoms with Gasteiger partial charge in [0.1, 0.15) is 5.75 Å². The predicted molar refractivity (Wildman–Crippen MR) is 63.9 cm³/mol. The second-order valence-electron chi connectivity index (χ2n) is 3.40. The maximum atomic E-state index is 10.6. The first kappa shape index (κ1) is 10.7. The number of phenolic OH excluding ortho intramolecular Hbond substituents is 1. The van der Waals surface area contributed by atoms with E-state index in [1.54, 1.807) is 36.4 Å². The molecule has 0 aliphatic rings. The lowest BCUT2D eigenvalue weighted by atomic mass is 10.0. The molecule has 1 N–H and O–H groups in total. The number of rotatable bonds is 2. The van der Waals surface area contributed by atoms with Crippen LogP contribution in [0.25, 0.3) is 11.1 Å². The maximum absolute atomic E-state index is 10.6. The number of carbonyl (C=O) groups is 1. The highest BCUT2D eigenvalue weighted by atomic mass is 35.5. The zero-order valence-corrected chi connectivity index (χ0v) is 9.11. The molecule has 0 aromatic heterocycles. The molecule has 3 heteroatoms. The fraction of sp³-hybridized carbons (Fsp3) is 0. The first-order valence-corrected chi connectivity index (χ1v) is 5.12. The molecule has 16 heavy (non-hydrogen) atoms. The van der Waals surface area contributed by atoms with E-state index in [9.17, 15) is 4.79 Å². The molecule has 0 bridgehead atoms. The average Bonchev–Trinajstić information content (AvgIpc) is 2.30. The Bertz CT molecular complexity index is 518. The summed E-state index contributed by atoms with van der Waals surface area (Å²) in [6.45, 7) is 0. The number of benzene rings is 2. The largest absolute Gasteiger partial charge is 0.508 e. The summed E-state index contributed by atoms with van der Waals surface area (Å²) in [6.07, 6.45) is 0.725. The second kappa shape index (κ2) is 4.37. The van der Waals surface area contributed by atoms with E-state index >= 15 is 0 Å². The van der Waals surface area contributed by atoms with Crippen LogP contribution in [-0.4, -0.2) is 11.4 Å². The van der Waals surface area contributed by atoms with E-state index in [1.807, 2.05) is 6.07 Å². The molecule has 2 nitrogen and oxygen atoms in total. The van der Waals surface area contributed by atoms with Gasteiger partial charge in [-0.05, 0) is 35.4 Å². The van der Waals surface area contributed by atoms with E-state index in [0.29, 0.717) is 10.6 Å². The van der Waals surface area contributed by atoms with Crippen molar-refractivity contribution in [2.24, 2.45) is 0 Å². The van der Waals surface area contributed by atoms with Gasteiger partial charge >= 0.3 is 0 Å². The minimum absolute atomic E-state index is 0.222. The van der Waals surface area contributed by atoms with Crippen molar-refractivity contribution in [3.63, 3.8) is 0 Å². The fourth-order valence-electron chi connectivity index (χ4n) is 1.46. The van der Waals surface area contributed by atoms with Crippen LogP contribution in [0.3, 0.4) is 0 Å². The van der Waals surface area contributed by atoms with Crippen molar-refractivity contribution in [3.8, 4) is 16.9 Å². The SMILES string of the molecule is O=Cc1ccc(-c2ccc(O)cc2)cc1Cl. The zero-order valence-electron chi connectivity index (χ0n) is 8.35. The standard InChI is InChI=1S/C13H9ClO2/c14-13-7-10(1-2-11(13)8-15)9-3-5-12(16)6-4-9/h1-8,16H. The van der Waals surface area contributed by atoms with E-state index in [0.717, 1.165) is 17.4 Å².